The summed E-state index contributed by atoms with van der Waals surface area (Å²) < 4.78 is 0. The van der Waals surface area contributed by atoms with Gasteiger partial charge in [0.25, 0.3) is 0 Å². The lowest BCUT2D eigenvalue weighted by Crippen LogP contribution is -2.53. The van der Waals surface area contributed by atoms with E-state index in [-0.39, 0.29) is 17.5 Å². The molecule has 0 radical (unpaired) electrons. The normalized spacial score (nSPS) is 12.3. The van der Waals surface area contributed by atoms with Gasteiger partial charge in [-0.05, 0) is 39.8 Å². The zero-order valence-corrected chi connectivity index (χ0v) is 10.6. The summed E-state index contributed by atoms with van der Waals surface area (Å²) in [6.45, 7) is 7.07. The van der Waals surface area contributed by atoms with Crippen molar-refractivity contribution in [1.82, 2.24) is 4.98 Å². The van der Waals surface area contributed by atoms with E-state index in [9.17, 15) is 9.90 Å². The molecule has 0 unspecified atom stereocenters. The van der Waals surface area contributed by atoms with Gasteiger partial charge in [-0.2, -0.15) is 0 Å². The Bertz CT molecular complexity index is 422. The second kappa shape index (κ2) is 4.33. The quantitative estimate of drug-likeness (QED) is 0.743. The Kier molecular flexibility index (Phi) is 3.43. The van der Waals surface area contributed by atoms with Crippen LogP contribution in [0.3, 0.4) is 0 Å². The zero-order valence-electron chi connectivity index (χ0n) is 10.6. The molecule has 1 aromatic rings. The monoisotopic (exact) mass is 237 g/mol. The van der Waals surface area contributed by atoms with Crippen LogP contribution in [0.4, 0.5) is 5.82 Å². The molecule has 4 N–H and O–H groups in total. The van der Waals surface area contributed by atoms with Crippen molar-refractivity contribution >= 4 is 11.7 Å². The molecule has 0 saturated heterocycles. The third kappa shape index (κ3) is 2.74. The van der Waals surface area contributed by atoms with Crippen molar-refractivity contribution in [2.45, 2.75) is 33.2 Å². The Labute approximate surface area is 101 Å². The van der Waals surface area contributed by atoms with Crippen LogP contribution in [0.25, 0.3) is 0 Å². The van der Waals surface area contributed by atoms with Crippen molar-refractivity contribution in [2.75, 3.05) is 5.32 Å². The summed E-state index contributed by atoms with van der Waals surface area (Å²) in [6.07, 6.45) is 1.50. The molecule has 1 rings (SSSR count). The maximum absolute atomic E-state index is 12.1. The van der Waals surface area contributed by atoms with Gasteiger partial charge in [-0.25, -0.2) is 4.98 Å². The molecular formula is C12H19N3O2. The Hall–Kier alpha value is -1.62. The van der Waals surface area contributed by atoms with Crippen LogP contribution in [0.2, 0.25) is 0 Å². The third-order valence-electron chi connectivity index (χ3n) is 3.20. The third-order valence-corrected chi connectivity index (χ3v) is 3.20. The molecule has 0 atom stereocenters. The SMILES string of the molecule is CC(C)(N)C(C)(C)C(=O)Nc1ncccc1O. The van der Waals surface area contributed by atoms with Gasteiger partial charge >= 0.3 is 0 Å². The Morgan fingerprint density at radius 1 is 1.41 bits per heavy atom. The first-order chi connectivity index (χ1) is 7.66. The first-order valence-electron chi connectivity index (χ1n) is 5.40. The predicted octanol–water partition coefficient (Wildman–Crippen LogP) is 1.49. The molecule has 0 aliphatic heterocycles. The second-order valence-corrected chi connectivity index (χ2v) is 5.17. The van der Waals surface area contributed by atoms with Crippen LogP contribution in [-0.2, 0) is 4.79 Å². The molecule has 0 aromatic carbocycles. The van der Waals surface area contributed by atoms with E-state index in [1.54, 1.807) is 33.8 Å². The summed E-state index contributed by atoms with van der Waals surface area (Å²) in [4.78, 5) is 16.0. The highest BCUT2D eigenvalue weighted by atomic mass is 16.3. The highest BCUT2D eigenvalue weighted by Gasteiger charge is 2.40. The molecule has 0 aliphatic carbocycles. The topological polar surface area (TPSA) is 88.2 Å². The molecule has 0 bridgehead atoms. The van der Waals surface area contributed by atoms with E-state index in [0.717, 1.165) is 0 Å². The standard InChI is InChI=1S/C12H19N3O2/c1-11(2,12(3,4)13)10(17)15-9-8(16)6-5-7-14-9/h5-7,16H,13H2,1-4H3,(H,14,15,17). The van der Waals surface area contributed by atoms with E-state index in [2.05, 4.69) is 10.3 Å². The van der Waals surface area contributed by atoms with Crippen LogP contribution in [0, 0.1) is 5.41 Å². The maximum atomic E-state index is 12.1. The smallest absolute Gasteiger partial charge is 0.233 e. The first kappa shape index (κ1) is 13.4. The molecule has 17 heavy (non-hydrogen) atoms. The number of carbonyl (C=O) groups is 1. The minimum atomic E-state index is -0.781. The lowest BCUT2D eigenvalue weighted by molar-refractivity contribution is -0.126. The average Bonchev–Trinajstić information content (AvgIpc) is 2.19. The van der Waals surface area contributed by atoms with Gasteiger partial charge in [0.1, 0.15) is 0 Å². The lowest BCUT2D eigenvalue weighted by atomic mass is 9.74. The Morgan fingerprint density at radius 2 is 2.00 bits per heavy atom. The summed E-state index contributed by atoms with van der Waals surface area (Å²) in [7, 11) is 0. The number of anilines is 1. The van der Waals surface area contributed by atoms with Gasteiger partial charge < -0.3 is 16.2 Å². The second-order valence-electron chi connectivity index (χ2n) is 5.17. The molecule has 1 amide bonds. The molecule has 94 valence electrons. The van der Waals surface area contributed by atoms with Gasteiger partial charge in [0, 0.05) is 11.7 Å². The number of amides is 1. The summed E-state index contributed by atoms with van der Waals surface area (Å²) in [5.74, 6) is -0.194. The van der Waals surface area contributed by atoms with Crippen LogP contribution in [0.5, 0.6) is 5.75 Å². The van der Waals surface area contributed by atoms with Crippen LogP contribution < -0.4 is 11.1 Å². The van der Waals surface area contributed by atoms with Gasteiger partial charge in [0.2, 0.25) is 5.91 Å². The summed E-state index contributed by atoms with van der Waals surface area (Å²) in [5.41, 5.74) is 4.50. The molecule has 0 spiro atoms. The number of rotatable bonds is 3. The minimum Gasteiger partial charge on any atom is -0.504 e. The summed E-state index contributed by atoms with van der Waals surface area (Å²) >= 11 is 0. The van der Waals surface area contributed by atoms with Gasteiger partial charge in [-0.15, -0.1) is 0 Å². The molecule has 0 saturated carbocycles. The van der Waals surface area contributed by atoms with Crippen molar-refractivity contribution in [2.24, 2.45) is 11.1 Å². The number of nitrogens with one attached hydrogen (secondary N) is 1. The number of pyridine rings is 1. The number of hydrogen-bond donors (Lipinski definition) is 3. The highest BCUT2D eigenvalue weighted by Crippen LogP contribution is 2.30. The van der Waals surface area contributed by atoms with Crippen LogP contribution >= 0.6 is 0 Å². The zero-order chi connectivity index (χ0) is 13.3. The van der Waals surface area contributed by atoms with E-state index in [1.807, 2.05) is 0 Å². The van der Waals surface area contributed by atoms with Crippen molar-refractivity contribution < 1.29 is 9.90 Å². The fraction of sp³-hybridized carbons (Fsp3) is 0.500. The fourth-order valence-electron chi connectivity index (χ4n) is 1.05. The fourth-order valence-corrected chi connectivity index (χ4v) is 1.05. The number of aromatic hydroxyl groups is 1. The number of hydrogen-bond acceptors (Lipinski definition) is 4. The number of nitrogens with zero attached hydrogens (tertiary/aromatic N) is 1. The molecule has 5 nitrogen and oxygen atoms in total. The number of carbonyl (C=O) groups excluding carboxylic acids is 1. The van der Waals surface area contributed by atoms with E-state index >= 15 is 0 Å². The molecular weight excluding hydrogens is 218 g/mol. The molecule has 1 heterocycles. The van der Waals surface area contributed by atoms with Gasteiger partial charge in [-0.1, -0.05) is 0 Å². The summed E-state index contributed by atoms with van der Waals surface area (Å²) in [6, 6.07) is 3.05. The van der Waals surface area contributed by atoms with Crippen molar-refractivity contribution in [3.8, 4) is 5.75 Å². The number of nitrogens with two attached hydrogens (primary N) is 1. The van der Waals surface area contributed by atoms with E-state index in [0.29, 0.717) is 0 Å². The maximum Gasteiger partial charge on any atom is 0.233 e. The average molecular weight is 237 g/mol. The van der Waals surface area contributed by atoms with E-state index in [1.165, 1.54) is 12.3 Å². The molecule has 1 aromatic heterocycles. The van der Waals surface area contributed by atoms with Crippen molar-refractivity contribution in [1.29, 1.82) is 0 Å². The highest BCUT2D eigenvalue weighted by molar-refractivity contribution is 5.95. The van der Waals surface area contributed by atoms with Gasteiger partial charge in [0.05, 0.1) is 5.41 Å². The van der Waals surface area contributed by atoms with Crippen molar-refractivity contribution in [3.05, 3.63) is 18.3 Å². The molecule has 0 aliphatic rings. The summed E-state index contributed by atoms with van der Waals surface area (Å²) in [5, 5.41) is 12.1. The van der Waals surface area contributed by atoms with Gasteiger partial charge in [0.15, 0.2) is 11.6 Å². The van der Waals surface area contributed by atoms with Crippen LogP contribution in [0.15, 0.2) is 18.3 Å². The predicted molar refractivity (Wildman–Crippen MR) is 66.6 cm³/mol. The van der Waals surface area contributed by atoms with Crippen LogP contribution in [0.1, 0.15) is 27.7 Å². The van der Waals surface area contributed by atoms with Crippen molar-refractivity contribution in [3.63, 3.8) is 0 Å². The Morgan fingerprint density at radius 3 is 2.47 bits per heavy atom. The lowest BCUT2D eigenvalue weighted by Gasteiger charge is -2.36. The van der Waals surface area contributed by atoms with E-state index < -0.39 is 11.0 Å². The largest absolute Gasteiger partial charge is 0.504 e. The van der Waals surface area contributed by atoms with Crippen LogP contribution in [-0.4, -0.2) is 21.5 Å². The minimum absolute atomic E-state index is 0.0634. The molecule has 5 heteroatoms. The van der Waals surface area contributed by atoms with Gasteiger partial charge in [-0.3, -0.25) is 4.79 Å². The first-order valence-corrected chi connectivity index (χ1v) is 5.40. The number of aromatic nitrogens is 1. The van der Waals surface area contributed by atoms with E-state index in [4.69, 9.17) is 5.73 Å². The Balaban J connectivity index is 2.91. The molecule has 0 fully saturated rings.